The van der Waals surface area contributed by atoms with Crippen molar-refractivity contribution in [2.24, 2.45) is 4.99 Å². The first-order valence-corrected chi connectivity index (χ1v) is 12.1. The fourth-order valence-electron chi connectivity index (χ4n) is 3.83. The Morgan fingerprint density at radius 2 is 1.97 bits per heavy atom. The molecule has 0 bridgehead atoms. The molecule has 7 nitrogen and oxygen atoms in total. The minimum atomic E-state index is -0.313. The molecule has 4 rings (SSSR count). The minimum absolute atomic E-state index is 0.100. The standard InChI is InChI=1S/C26H29N3O4S/c1-17-18(2)34-26(28-25(31)21-6-4-7-22(14-21)32-3)29(17)16-19-9-11-20(12-10-19)24(30)27-15-23-8-5-13-33-23/h4,6-7,9-12,14,23H,5,8,13,15-16H2,1-3H3,(H,27,30)/t23-/m0/s1. The summed E-state index contributed by atoms with van der Waals surface area (Å²) >= 11 is 1.49. The second-order valence-electron chi connectivity index (χ2n) is 8.30. The highest BCUT2D eigenvalue weighted by atomic mass is 32.1. The normalized spacial score (nSPS) is 16.0. The number of nitrogens with zero attached hydrogens (tertiary/aromatic N) is 2. The Kier molecular flexibility index (Phi) is 7.59. The molecule has 2 amide bonds. The van der Waals surface area contributed by atoms with E-state index in [4.69, 9.17) is 9.47 Å². The van der Waals surface area contributed by atoms with Crippen molar-refractivity contribution in [3.63, 3.8) is 0 Å². The second-order valence-corrected chi connectivity index (χ2v) is 9.48. The van der Waals surface area contributed by atoms with E-state index in [1.807, 2.05) is 42.7 Å². The molecule has 178 valence electrons. The van der Waals surface area contributed by atoms with Crippen LogP contribution in [0.15, 0.2) is 53.5 Å². The van der Waals surface area contributed by atoms with E-state index in [0.717, 1.165) is 35.6 Å². The van der Waals surface area contributed by atoms with Crippen LogP contribution in [0.5, 0.6) is 5.75 Å². The third kappa shape index (κ3) is 5.63. The molecule has 0 saturated carbocycles. The lowest BCUT2D eigenvalue weighted by molar-refractivity contribution is 0.0857. The maximum absolute atomic E-state index is 12.8. The number of hydrogen-bond acceptors (Lipinski definition) is 5. The predicted molar refractivity (Wildman–Crippen MR) is 132 cm³/mol. The van der Waals surface area contributed by atoms with Crippen LogP contribution in [-0.4, -0.2) is 42.7 Å². The number of carbonyl (C=O) groups is 2. The summed E-state index contributed by atoms with van der Waals surface area (Å²) in [4.78, 5) is 31.4. The lowest BCUT2D eigenvalue weighted by Crippen LogP contribution is -2.31. The van der Waals surface area contributed by atoms with E-state index in [2.05, 4.69) is 10.3 Å². The number of rotatable bonds is 7. The highest BCUT2D eigenvalue weighted by molar-refractivity contribution is 7.09. The lowest BCUT2D eigenvalue weighted by Gasteiger charge is -2.11. The third-order valence-electron chi connectivity index (χ3n) is 5.97. The number of methoxy groups -OCH3 is 1. The van der Waals surface area contributed by atoms with Crippen molar-refractivity contribution in [3.8, 4) is 5.75 Å². The summed E-state index contributed by atoms with van der Waals surface area (Å²) in [6.45, 7) is 5.91. The van der Waals surface area contributed by atoms with Crippen molar-refractivity contribution >= 4 is 23.2 Å². The molecule has 1 fully saturated rings. The van der Waals surface area contributed by atoms with Gasteiger partial charge in [0.1, 0.15) is 5.75 Å². The monoisotopic (exact) mass is 479 g/mol. The molecule has 34 heavy (non-hydrogen) atoms. The SMILES string of the molecule is COc1cccc(C(=O)N=c2sc(C)c(C)n2Cc2ccc(C(=O)NC[C@@H]3CCCO3)cc2)c1. The first-order chi connectivity index (χ1) is 16.4. The van der Waals surface area contributed by atoms with Gasteiger partial charge in [0, 0.05) is 34.8 Å². The van der Waals surface area contributed by atoms with Gasteiger partial charge in [-0.1, -0.05) is 18.2 Å². The quantitative estimate of drug-likeness (QED) is 0.558. The van der Waals surface area contributed by atoms with Gasteiger partial charge in [0.2, 0.25) is 0 Å². The third-order valence-corrected chi connectivity index (χ3v) is 7.07. The van der Waals surface area contributed by atoms with Gasteiger partial charge < -0.3 is 19.4 Å². The van der Waals surface area contributed by atoms with Gasteiger partial charge in [-0.05, 0) is 62.6 Å². The molecular formula is C26H29N3O4S. The first kappa shape index (κ1) is 23.9. The smallest absolute Gasteiger partial charge is 0.279 e. The molecule has 2 aromatic carbocycles. The molecule has 1 saturated heterocycles. The highest BCUT2D eigenvalue weighted by Crippen LogP contribution is 2.16. The summed E-state index contributed by atoms with van der Waals surface area (Å²) in [6.07, 6.45) is 2.16. The molecule has 0 spiro atoms. The Bertz CT molecular complexity index is 1240. The first-order valence-electron chi connectivity index (χ1n) is 11.3. The van der Waals surface area contributed by atoms with Gasteiger partial charge in [-0.3, -0.25) is 9.59 Å². The molecule has 0 aliphatic carbocycles. The zero-order chi connectivity index (χ0) is 24.1. The molecule has 1 atom stereocenters. The number of aryl methyl sites for hydroxylation is 1. The van der Waals surface area contributed by atoms with E-state index in [9.17, 15) is 9.59 Å². The number of hydrogen-bond donors (Lipinski definition) is 1. The van der Waals surface area contributed by atoms with Crippen LogP contribution >= 0.6 is 11.3 Å². The number of benzene rings is 2. The van der Waals surface area contributed by atoms with E-state index in [1.165, 1.54) is 11.3 Å². The second kappa shape index (κ2) is 10.8. The molecule has 1 N–H and O–H groups in total. The number of ether oxygens (including phenoxy) is 2. The van der Waals surface area contributed by atoms with Gasteiger partial charge in [0.25, 0.3) is 11.8 Å². The molecule has 1 aliphatic heterocycles. The van der Waals surface area contributed by atoms with Crippen molar-refractivity contribution in [1.82, 2.24) is 9.88 Å². The van der Waals surface area contributed by atoms with Gasteiger partial charge in [-0.2, -0.15) is 4.99 Å². The summed E-state index contributed by atoms with van der Waals surface area (Å²) in [5.74, 6) is 0.205. The average molecular weight is 480 g/mol. The zero-order valence-electron chi connectivity index (χ0n) is 19.7. The Hall–Kier alpha value is -3.23. The highest BCUT2D eigenvalue weighted by Gasteiger charge is 2.17. The zero-order valence-corrected chi connectivity index (χ0v) is 20.5. The van der Waals surface area contributed by atoms with E-state index in [0.29, 0.717) is 34.8 Å². The minimum Gasteiger partial charge on any atom is -0.497 e. The summed E-state index contributed by atoms with van der Waals surface area (Å²) in [5, 5.41) is 2.95. The predicted octanol–water partition coefficient (Wildman–Crippen LogP) is 3.87. The van der Waals surface area contributed by atoms with Crippen molar-refractivity contribution in [3.05, 3.63) is 80.6 Å². The van der Waals surface area contributed by atoms with Crippen LogP contribution in [0.1, 0.15) is 49.7 Å². The number of carbonyl (C=O) groups excluding carboxylic acids is 2. The van der Waals surface area contributed by atoms with Gasteiger partial charge in [0.05, 0.1) is 19.8 Å². The van der Waals surface area contributed by atoms with Crippen molar-refractivity contribution in [1.29, 1.82) is 0 Å². The molecule has 1 aromatic heterocycles. The summed E-state index contributed by atoms with van der Waals surface area (Å²) < 4.78 is 12.8. The van der Waals surface area contributed by atoms with Crippen molar-refractivity contribution in [2.75, 3.05) is 20.3 Å². The molecule has 0 unspecified atom stereocenters. The number of amides is 2. The average Bonchev–Trinajstić information content (AvgIpc) is 3.47. The van der Waals surface area contributed by atoms with Gasteiger partial charge in [-0.15, -0.1) is 11.3 Å². The topological polar surface area (TPSA) is 81.9 Å². The summed E-state index contributed by atoms with van der Waals surface area (Å²) in [5.41, 5.74) is 3.17. The van der Waals surface area contributed by atoms with Crippen LogP contribution in [0.4, 0.5) is 0 Å². The fourth-order valence-corrected chi connectivity index (χ4v) is 4.81. The van der Waals surface area contributed by atoms with Crippen LogP contribution in [0.2, 0.25) is 0 Å². The molecule has 1 aliphatic rings. The van der Waals surface area contributed by atoms with E-state index in [1.54, 1.807) is 31.4 Å². The fraction of sp³-hybridized carbons (Fsp3) is 0.346. The van der Waals surface area contributed by atoms with Gasteiger partial charge in [-0.25, -0.2) is 0 Å². The molecular weight excluding hydrogens is 450 g/mol. The van der Waals surface area contributed by atoms with Crippen LogP contribution in [0, 0.1) is 13.8 Å². The Labute approximate surface area is 203 Å². The van der Waals surface area contributed by atoms with E-state index < -0.39 is 0 Å². The summed E-state index contributed by atoms with van der Waals surface area (Å²) in [6, 6.07) is 14.5. The van der Waals surface area contributed by atoms with Crippen molar-refractivity contribution in [2.45, 2.75) is 39.3 Å². The Morgan fingerprint density at radius 3 is 2.68 bits per heavy atom. The maximum Gasteiger partial charge on any atom is 0.279 e. The largest absolute Gasteiger partial charge is 0.497 e. The molecule has 2 heterocycles. The molecule has 3 aromatic rings. The van der Waals surface area contributed by atoms with E-state index in [-0.39, 0.29) is 17.9 Å². The Morgan fingerprint density at radius 1 is 1.18 bits per heavy atom. The number of thiazole rings is 1. The molecule has 8 heteroatoms. The maximum atomic E-state index is 12.8. The van der Waals surface area contributed by atoms with Gasteiger partial charge >= 0.3 is 0 Å². The molecule has 0 radical (unpaired) electrons. The van der Waals surface area contributed by atoms with Crippen molar-refractivity contribution < 1.29 is 19.1 Å². The van der Waals surface area contributed by atoms with Crippen LogP contribution in [-0.2, 0) is 11.3 Å². The van der Waals surface area contributed by atoms with Crippen LogP contribution in [0.3, 0.4) is 0 Å². The van der Waals surface area contributed by atoms with Gasteiger partial charge in [0.15, 0.2) is 4.80 Å². The summed E-state index contributed by atoms with van der Waals surface area (Å²) in [7, 11) is 1.57. The van der Waals surface area contributed by atoms with Crippen LogP contribution in [0.25, 0.3) is 0 Å². The Balaban J connectivity index is 1.50. The van der Waals surface area contributed by atoms with Crippen LogP contribution < -0.4 is 14.9 Å². The number of nitrogens with one attached hydrogen (secondary N) is 1. The van der Waals surface area contributed by atoms with E-state index >= 15 is 0 Å². The number of aromatic nitrogens is 1. The lowest BCUT2D eigenvalue weighted by atomic mass is 10.1.